The smallest absolute Gasteiger partial charge is 0.235 e. The Morgan fingerprint density at radius 3 is 2.74 bits per heavy atom. The summed E-state index contributed by atoms with van der Waals surface area (Å²) in [5, 5.41) is 0.728. The molecule has 10 heteroatoms. The number of anilines is 2. The molecule has 1 aliphatic rings. The second-order valence-electron chi connectivity index (χ2n) is 7.47. The number of nitrogen functional groups attached to an aromatic ring is 1. The predicted molar refractivity (Wildman–Crippen MR) is 124 cm³/mol. The van der Waals surface area contributed by atoms with Crippen LogP contribution in [-0.4, -0.2) is 19.1 Å². The van der Waals surface area contributed by atoms with E-state index in [1.54, 1.807) is 24.3 Å². The van der Waals surface area contributed by atoms with Crippen LogP contribution >= 0.6 is 22.9 Å². The highest BCUT2D eigenvalue weighted by atomic mass is 35.5. The molecule has 0 saturated heterocycles. The van der Waals surface area contributed by atoms with Crippen molar-refractivity contribution in [1.82, 2.24) is 14.5 Å². The van der Waals surface area contributed by atoms with Crippen molar-refractivity contribution in [1.29, 1.82) is 0 Å². The quantitative estimate of drug-likeness (QED) is 0.357. The SMILES string of the molecule is Nc1ncnc2c1c(-c1ccc(N[S+]([O-])c3ccc(Cl)s3)c(F)c1)cn2C1CCCC1. The number of rotatable bonds is 5. The van der Waals surface area contributed by atoms with Crippen molar-refractivity contribution in [3.8, 4) is 11.1 Å². The van der Waals surface area contributed by atoms with Crippen LogP contribution in [0.5, 0.6) is 0 Å². The summed E-state index contributed by atoms with van der Waals surface area (Å²) in [6, 6.07) is 8.45. The van der Waals surface area contributed by atoms with Crippen molar-refractivity contribution in [2.24, 2.45) is 0 Å². The van der Waals surface area contributed by atoms with Crippen LogP contribution in [-0.2, 0) is 11.4 Å². The Kier molecular flexibility index (Phi) is 5.51. The van der Waals surface area contributed by atoms with Crippen LogP contribution in [0.3, 0.4) is 0 Å². The van der Waals surface area contributed by atoms with Crippen molar-refractivity contribution in [3.63, 3.8) is 0 Å². The Balaban J connectivity index is 1.51. The fourth-order valence-corrected chi connectivity index (χ4v) is 6.37. The van der Waals surface area contributed by atoms with Gasteiger partial charge in [-0.25, -0.2) is 14.4 Å². The molecule has 1 unspecified atom stereocenters. The van der Waals surface area contributed by atoms with Crippen LogP contribution in [0.4, 0.5) is 15.9 Å². The molecule has 5 rings (SSSR count). The van der Waals surface area contributed by atoms with E-state index < -0.39 is 17.2 Å². The Hall–Kier alpha value is -2.33. The van der Waals surface area contributed by atoms with Gasteiger partial charge in [-0.1, -0.05) is 41.8 Å². The Morgan fingerprint density at radius 1 is 1.23 bits per heavy atom. The van der Waals surface area contributed by atoms with E-state index in [-0.39, 0.29) is 5.69 Å². The number of halogens is 2. The van der Waals surface area contributed by atoms with Gasteiger partial charge in [-0.05, 0) is 36.6 Å². The Bertz CT molecular complexity index is 1250. The van der Waals surface area contributed by atoms with Crippen LogP contribution in [0.2, 0.25) is 4.34 Å². The number of nitrogens with one attached hydrogen (secondary N) is 1. The van der Waals surface area contributed by atoms with E-state index in [0.717, 1.165) is 29.4 Å². The van der Waals surface area contributed by atoms with Gasteiger partial charge >= 0.3 is 0 Å². The number of nitrogens with zero attached hydrogens (tertiary/aromatic N) is 3. The molecule has 0 aliphatic heterocycles. The van der Waals surface area contributed by atoms with E-state index >= 15 is 0 Å². The second-order valence-corrected chi connectivity index (χ2v) is 10.6. The molecule has 6 nitrogen and oxygen atoms in total. The lowest BCUT2D eigenvalue weighted by Gasteiger charge is -2.12. The van der Waals surface area contributed by atoms with E-state index in [1.165, 1.54) is 36.6 Å². The van der Waals surface area contributed by atoms with Crippen LogP contribution in [0.25, 0.3) is 22.2 Å². The summed E-state index contributed by atoms with van der Waals surface area (Å²) < 4.78 is 33.3. The average Bonchev–Trinajstić information content (AvgIpc) is 3.49. The molecule has 1 atom stereocenters. The monoisotopic (exact) mass is 475 g/mol. The van der Waals surface area contributed by atoms with Gasteiger partial charge in [0, 0.05) is 23.9 Å². The summed E-state index contributed by atoms with van der Waals surface area (Å²) in [6.45, 7) is 0. The lowest BCUT2D eigenvalue weighted by atomic mass is 10.1. The number of nitrogens with two attached hydrogens (primary N) is 1. The van der Waals surface area contributed by atoms with Crippen LogP contribution in [0.15, 0.2) is 47.1 Å². The first kappa shape index (κ1) is 20.6. The molecule has 1 saturated carbocycles. The Labute approximate surface area is 190 Å². The standard InChI is InChI=1S/C21H19ClFN5OS2/c22-17-7-8-18(30-17)31(29)27-16-6-5-12(9-15(16)23)14-10-28(13-3-1-2-4-13)21-19(14)20(24)25-11-26-21/h5-11,13,27H,1-4H2,(H2,24,25,26). The highest BCUT2D eigenvalue weighted by Gasteiger charge is 2.24. The van der Waals surface area contributed by atoms with Gasteiger partial charge in [-0.15, -0.1) is 0 Å². The van der Waals surface area contributed by atoms with E-state index in [9.17, 15) is 8.94 Å². The highest BCUT2D eigenvalue weighted by Crippen LogP contribution is 2.39. The molecule has 4 aromatic rings. The van der Waals surface area contributed by atoms with E-state index in [1.807, 2.05) is 6.20 Å². The number of aromatic nitrogens is 3. The lowest BCUT2D eigenvalue weighted by Crippen LogP contribution is -2.12. The molecule has 3 N–H and O–H groups in total. The number of hydrogen-bond acceptors (Lipinski definition) is 6. The first-order valence-corrected chi connectivity index (χ1v) is 12.2. The van der Waals surface area contributed by atoms with Gasteiger partial charge in [0.25, 0.3) is 0 Å². The van der Waals surface area contributed by atoms with Gasteiger partial charge in [0.1, 0.15) is 34.8 Å². The maximum Gasteiger partial charge on any atom is 0.235 e. The first-order chi connectivity index (χ1) is 15.0. The molecular formula is C21H19ClFN5OS2. The molecule has 160 valence electrons. The molecule has 0 spiro atoms. The molecule has 3 aromatic heterocycles. The minimum Gasteiger partial charge on any atom is -0.587 e. The molecule has 3 heterocycles. The van der Waals surface area contributed by atoms with E-state index in [0.29, 0.717) is 26.0 Å². The van der Waals surface area contributed by atoms with Gasteiger partial charge in [0.15, 0.2) is 5.82 Å². The molecule has 0 bridgehead atoms. The van der Waals surface area contributed by atoms with E-state index in [4.69, 9.17) is 17.3 Å². The summed E-state index contributed by atoms with van der Waals surface area (Å²) in [5.41, 5.74) is 8.56. The molecule has 0 radical (unpaired) electrons. The van der Waals surface area contributed by atoms with Crippen molar-refractivity contribution in [2.45, 2.75) is 35.9 Å². The molecule has 31 heavy (non-hydrogen) atoms. The topological polar surface area (TPSA) is 91.8 Å². The third kappa shape index (κ3) is 3.87. The van der Waals surface area contributed by atoms with Crippen molar-refractivity contribution in [3.05, 3.63) is 53.0 Å². The second kappa shape index (κ2) is 8.31. The highest BCUT2D eigenvalue weighted by molar-refractivity contribution is 7.94. The maximum absolute atomic E-state index is 14.9. The van der Waals surface area contributed by atoms with Gasteiger partial charge in [0.2, 0.25) is 4.21 Å². The molecule has 1 aromatic carbocycles. The zero-order chi connectivity index (χ0) is 21.5. The largest absolute Gasteiger partial charge is 0.587 e. The molecule has 1 fully saturated rings. The van der Waals surface area contributed by atoms with E-state index in [2.05, 4.69) is 19.3 Å². The zero-order valence-corrected chi connectivity index (χ0v) is 18.7. The summed E-state index contributed by atoms with van der Waals surface area (Å²) in [4.78, 5) is 8.61. The molecule has 1 aliphatic carbocycles. The van der Waals surface area contributed by atoms with Crippen LogP contribution < -0.4 is 10.5 Å². The van der Waals surface area contributed by atoms with Gasteiger partial charge in [-0.2, -0.15) is 4.72 Å². The molecule has 0 amide bonds. The number of thiophene rings is 1. The number of fused-ring (bicyclic) bond motifs is 1. The van der Waals surface area contributed by atoms with Gasteiger partial charge in [-0.3, -0.25) is 0 Å². The van der Waals surface area contributed by atoms with Crippen molar-refractivity contribution >= 4 is 56.8 Å². The van der Waals surface area contributed by atoms with Gasteiger partial charge < -0.3 is 14.9 Å². The van der Waals surface area contributed by atoms with Crippen LogP contribution in [0.1, 0.15) is 31.7 Å². The third-order valence-electron chi connectivity index (χ3n) is 5.57. The van der Waals surface area contributed by atoms with Gasteiger partial charge in [0.05, 0.1) is 9.72 Å². The minimum absolute atomic E-state index is 0.148. The fourth-order valence-electron chi connectivity index (χ4n) is 4.10. The normalized spacial score (nSPS) is 15.6. The summed E-state index contributed by atoms with van der Waals surface area (Å²) >= 11 is 5.49. The van der Waals surface area contributed by atoms with Crippen LogP contribution in [0, 0.1) is 5.82 Å². The summed E-state index contributed by atoms with van der Waals surface area (Å²) in [6.07, 6.45) is 8.00. The lowest BCUT2D eigenvalue weighted by molar-refractivity contribution is 0.532. The third-order valence-corrected chi connectivity index (χ3v) is 8.21. The zero-order valence-electron chi connectivity index (χ0n) is 16.3. The average molecular weight is 476 g/mol. The van der Waals surface area contributed by atoms with Crippen molar-refractivity contribution < 1.29 is 8.94 Å². The Morgan fingerprint density at radius 2 is 2.03 bits per heavy atom. The summed E-state index contributed by atoms with van der Waals surface area (Å²) in [5.74, 6) is -0.138. The fraction of sp³-hybridized carbons (Fsp3) is 0.238. The van der Waals surface area contributed by atoms with Crippen molar-refractivity contribution in [2.75, 3.05) is 10.5 Å². The first-order valence-electron chi connectivity index (χ1n) is 9.86. The molecular weight excluding hydrogens is 457 g/mol. The minimum atomic E-state index is -1.60. The predicted octanol–water partition coefficient (Wildman–Crippen LogP) is 5.78. The number of benzene rings is 1. The maximum atomic E-state index is 14.9. The number of hydrogen-bond donors (Lipinski definition) is 2. The summed E-state index contributed by atoms with van der Waals surface area (Å²) in [7, 11) is 0.